The normalized spacial score (nSPS) is 12.3. The van der Waals surface area contributed by atoms with Gasteiger partial charge in [-0.2, -0.15) is 0 Å². The molecule has 0 aromatic heterocycles. The quantitative estimate of drug-likeness (QED) is 0.749. The summed E-state index contributed by atoms with van der Waals surface area (Å²) in [4.78, 5) is 12.2. The van der Waals surface area contributed by atoms with Gasteiger partial charge in [-0.15, -0.1) is 12.4 Å². The van der Waals surface area contributed by atoms with E-state index in [1.165, 1.54) is 0 Å². The highest BCUT2D eigenvalue weighted by Crippen LogP contribution is 2.18. The van der Waals surface area contributed by atoms with Crippen molar-refractivity contribution in [1.29, 1.82) is 0 Å². The van der Waals surface area contributed by atoms with Gasteiger partial charge in [0.05, 0.1) is 11.0 Å². The van der Waals surface area contributed by atoms with Crippen molar-refractivity contribution in [3.05, 3.63) is 65.7 Å². The average molecular weight is 397 g/mol. The molecule has 0 aliphatic rings. The second kappa shape index (κ2) is 9.71. The van der Waals surface area contributed by atoms with Crippen molar-refractivity contribution >= 4 is 33.8 Å². The van der Waals surface area contributed by atoms with E-state index in [2.05, 4.69) is 5.32 Å². The fourth-order valence-electron chi connectivity index (χ4n) is 2.37. The minimum absolute atomic E-state index is 0. The highest BCUT2D eigenvalue weighted by Gasteiger charge is 2.17. The zero-order valence-electron chi connectivity index (χ0n) is 14.9. The molecule has 0 bridgehead atoms. The molecule has 0 saturated carbocycles. The molecule has 26 heavy (non-hydrogen) atoms. The molecule has 5 nitrogen and oxygen atoms in total. The third kappa shape index (κ3) is 6.44. The molecule has 0 aliphatic carbocycles. The third-order valence-electron chi connectivity index (χ3n) is 3.93. The van der Waals surface area contributed by atoms with Gasteiger partial charge >= 0.3 is 0 Å². The lowest BCUT2D eigenvalue weighted by Gasteiger charge is -2.13. The van der Waals surface area contributed by atoms with Crippen LogP contribution < -0.4 is 11.1 Å². The largest absolute Gasteiger partial charge is 0.326 e. The summed E-state index contributed by atoms with van der Waals surface area (Å²) >= 11 is 0. The lowest BCUT2D eigenvalue weighted by atomic mass is 10.0. The molecule has 1 unspecified atom stereocenters. The van der Waals surface area contributed by atoms with Gasteiger partial charge in [0.15, 0.2) is 9.84 Å². The number of sulfone groups is 1. The van der Waals surface area contributed by atoms with Crippen molar-refractivity contribution in [3.63, 3.8) is 0 Å². The Balaban J connectivity index is 0.00000338. The molecule has 0 aliphatic heterocycles. The van der Waals surface area contributed by atoms with E-state index < -0.39 is 15.1 Å². The van der Waals surface area contributed by atoms with Crippen LogP contribution in [0.15, 0.2) is 54.6 Å². The summed E-state index contributed by atoms with van der Waals surface area (Å²) in [7, 11) is -3.18. The van der Waals surface area contributed by atoms with E-state index in [0.29, 0.717) is 11.3 Å². The number of carbonyl (C=O) groups excluding carboxylic acids is 1. The summed E-state index contributed by atoms with van der Waals surface area (Å²) in [6, 6.07) is 15.9. The second-order valence-electron chi connectivity index (χ2n) is 6.33. The maximum absolute atomic E-state index is 12.2. The minimum atomic E-state index is -3.18. The standard InChI is InChI=1S/C19H24N2O3S.ClH/c1-14(2)25(23,24)13-15-7-6-10-17(11-15)21-19(22)12-18(20)16-8-4-3-5-9-16;/h3-11,14,18H,12-13,20H2,1-2H3,(H,21,22);1H. The fraction of sp³-hybridized carbons (Fsp3) is 0.316. The predicted octanol–water partition coefficient (Wildman–Crippen LogP) is 3.46. The molecule has 2 aromatic carbocycles. The van der Waals surface area contributed by atoms with Gasteiger partial charge < -0.3 is 11.1 Å². The highest BCUT2D eigenvalue weighted by molar-refractivity contribution is 7.91. The van der Waals surface area contributed by atoms with E-state index in [-0.39, 0.29) is 36.5 Å². The smallest absolute Gasteiger partial charge is 0.226 e. The van der Waals surface area contributed by atoms with Crippen LogP contribution in [0.25, 0.3) is 0 Å². The second-order valence-corrected chi connectivity index (χ2v) is 8.88. The number of nitrogens with one attached hydrogen (secondary N) is 1. The summed E-state index contributed by atoms with van der Waals surface area (Å²) in [6.07, 6.45) is 0.151. The zero-order chi connectivity index (χ0) is 18.4. The Kier molecular flexibility index (Phi) is 8.27. The average Bonchev–Trinajstić information content (AvgIpc) is 2.55. The van der Waals surface area contributed by atoms with Gasteiger partial charge in [-0.1, -0.05) is 42.5 Å². The van der Waals surface area contributed by atoms with Crippen LogP contribution >= 0.6 is 12.4 Å². The van der Waals surface area contributed by atoms with Crippen molar-refractivity contribution in [3.8, 4) is 0 Å². The molecule has 0 spiro atoms. The number of anilines is 1. The number of carbonyl (C=O) groups is 1. The van der Waals surface area contributed by atoms with Gasteiger partial charge in [-0.3, -0.25) is 4.79 Å². The van der Waals surface area contributed by atoms with E-state index in [1.807, 2.05) is 30.3 Å². The molecular weight excluding hydrogens is 372 g/mol. The topological polar surface area (TPSA) is 89.3 Å². The van der Waals surface area contributed by atoms with Crippen molar-refractivity contribution in [1.82, 2.24) is 0 Å². The summed E-state index contributed by atoms with van der Waals surface area (Å²) in [5, 5.41) is 2.35. The number of halogens is 1. The molecule has 0 fully saturated rings. The Morgan fingerprint density at radius 1 is 1.08 bits per heavy atom. The maximum atomic E-state index is 12.2. The van der Waals surface area contributed by atoms with E-state index in [9.17, 15) is 13.2 Å². The van der Waals surface area contributed by atoms with Gasteiger partial charge in [-0.25, -0.2) is 8.42 Å². The summed E-state index contributed by atoms with van der Waals surface area (Å²) < 4.78 is 24.1. The molecule has 0 heterocycles. The Hall–Kier alpha value is -1.89. The van der Waals surface area contributed by atoms with Crippen molar-refractivity contribution in [2.75, 3.05) is 5.32 Å². The number of benzene rings is 2. The number of hydrogen-bond acceptors (Lipinski definition) is 4. The van der Waals surface area contributed by atoms with Crippen LogP contribution in [0, 0.1) is 0 Å². The maximum Gasteiger partial charge on any atom is 0.226 e. The number of amides is 1. The van der Waals surface area contributed by atoms with Crippen LogP contribution in [0.3, 0.4) is 0 Å². The van der Waals surface area contributed by atoms with Crippen molar-refractivity contribution in [2.45, 2.75) is 37.3 Å². The van der Waals surface area contributed by atoms with Gasteiger partial charge in [0.1, 0.15) is 0 Å². The van der Waals surface area contributed by atoms with Crippen molar-refractivity contribution in [2.24, 2.45) is 5.73 Å². The van der Waals surface area contributed by atoms with Crippen LogP contribution in [0.5, 0.6) is 0 Å². The Bertz CT molecular complexity index is 824. The number of hydrogen-bond donors (Lipinski definition) is 2. The highest BCUT2D eigenvalue weighted by atomic mass is 35.5. The molecule has 3 N–H and O–H groups in total. The molecule has 0 saturated heterocycles. The number of rotatable bonds is 7. The van der Waals surface area contributed by atoms with E-state index in [1.54, 1.807) is 38.1 Å². The summed E-state index contributed by atoms with van der Waals surface area (Å²) in [6.45, 7) is 3.32. The Labute approximate surface area is 161 Å². The lowest BCUT2D eigenvalue weighted by molar-refractivity contribution is -0.116. The lowest BCUT2D eigenvalue weighted by Crippen LogP contribution is -2.20. The minimum Gasteiger partial charge on any atom is -0.326 e. The number of nitrogens with two attached hydrogens (primary N) is 1. The van der Waals surface area contributed by atoms with Crippen LogP contribution in [0.2, 0.25) is 0 Å². The molecule has 7 heteroatoms. The van der Waals surface area contributed by atoms with Gasteiger partial charge in [0.25, 0.3) is 0 Å². The first-order chi connectivity index (χ1) is 11.8. The monoisotopic (exact) mass is 396 g/mol. The van der Waals surface area contributed by atoms with Gasteiger partial charge in [0, 0.05) is 18.2 Å². The van der Waals surface area contributed by atoms with E-state index in [0.717, 1.165) is 5.56 Å². The molecule has 1 atom stereocenters. The zero-order valence-corrected chi connectivity index (χ0v) is 16.5. The molecule has 1 amide bonds. The Morgan fingerprint density at radius 3 is 2.35 bits per heavy atom. The molecule has 0 radical (unpaired) electrons. The fourth-order valence-corrected chi connectivity index (χ4v) is 3.35. The SMILES string of the molecule is CC(C)S(=O)(=O)Cc1cccc(NC(=O)CC(N)c2ccccc2)c1.Cl. The Morgan fingerprint density at radius 2 is 1.73 bits per heavy atom. The van der Waals surface area contributed by atoms with Crippen LogP contribution in [-0.2, 0) is 20.4 Å². The molecule has 2 aromatic rings. The molecule has 2 rings (SSSR count). The van der Waals surface area contributed by atoms with Crippen LogP contribution in [0.4, 0.5) is 5.69 Å². The summed E-state index contributed by atoms with van der Waals surface area (Å²) in [5.74, 6) is -0.252. The van der Waals surface area contributed by atoms with Crippen LogP contribution in [0.1, 0.15) is 37.4 Å². The summed E-state index contributed by atoms with van der Waals surface area (Å²) in [5.41, 5.74) is 8.18. The van der Waals surface area contributed by atoms with E-state index >= 15 is 0 Å². The first-order valence-corrected chi connectivity index (χ1v) is 9.90. The predicted molar refractivity (Wildman–Crippen MR) is 108 cm³/mol. The molecule has 142 valence electrons. The van der Waals surface area contributed by atoms with Crippen molar-refractivity contribution < 1.29 is 13.2 Å². The molecular formula is C19H25ClN2O3S. The first kappa shape index (κ1) is 22.2. The van der Waals surface area contributed by atoms with E-state index in [4.69, 9.17) is 5.73 Å². The van der Waals surface area contributed by atoms with Gasteiger partial charge in [-0.05, 0) is 37.1 Å². The van der Waals surface area contributed by atoms with Gasteiger partial charge in [0.2, 0.25) is 5.91 Å². The third-order valence-corrected chi connectivity index (χ3v) is 6.10. The van der Waals surface area contributed by atoms with Crippen LogP contribution in [-0.4, -0.2) is 19.6 Å². The first-order valence-electron chi connectivity index (χ1n) is 8.19.